The van der Waals surface area contributed by atoms with Gasteiger partial charge in [0.1, 0.15) is 0 Å². The monoisotopic (exact) mass is 418 g/mol. The van der Waals surface area contributed by atoms with Crippen LogP contribution < -0.4 is 9.47 Å². The number of ether oxygens (including phenoxy) is 2. The van der Waals surface area contributed by atoms with Gasteiger partial charge in [-0.2, -0.15) is 4.31 Å². The van der Waals surface area contributed by atoms with E-state index in [4.69, 9.17) is 9.47 Å². The minimum atomic E-state index is -3.46. The Morgan fingerprint density at radius 3 is 2.07 bits per heavy atom. The second-order valence-electron chi connectivity index (χ2n) is 7.58. The summed E-state index contributed by atoms with van der Waals surface area (Å²) >= 11 is 0. The van der Waals surface area contributed by atoms with Crippen LogP contribution in [-0.2, 0) is 16.6 Å². The number of benzene rings is 2. The molecule has 1 saturated heterocycles. The van der Waals surface area contributed by atoms with Crippen LogP contribution in [0.15, 0.2) is 35.2 Å². The van der Waals surface area contributed by atoms with Crippen molar-refractivity contribution in [1.82, 2.24) is 9.21 Å². The predicted molar refractivity (Wildman–Crippen MR) is 114 cm³/mol. The van der Waals surface area contributed by atoms with Gasteiger partial charge in [-0.05, 0) is 55.7 Å². The molecule has 2 aromatic rings. The third kappa shape index (κ3) is 4.57. The van der Waals surface area contributed by atoms with Gasteiger partial charge in [0.25, 0.3) is 0 Å². The van der Waals surface area contributed by atoms with Crippen LogP contribution in [0, 0.1) is 20.8 Å². The molecule has 0 amide bonds. The Morgan fingerprint density at radius 2 is 1.48 bits per heavy atom. The van der Waals surface area contributed by atoms with Gasteiger partial charge in [-0.3, -0.25) is 4.90 Å². The molecule has 158 valence electrons. The topological polar surface area (TPSA) is 59.1 Å². The molecule has 1 aliphatic heterocycles. The van der Waals surface area contributed by atoms with E-state index in [9.17, 15) is 8.42 Å². The maximum atomic E-state index is 13.1. The molecule has 0 saturated carbocycles. The van der Waals surface area contributed by atoms with E-state index in [0.29, 0.717) is 36.8 Å². The molecule has 0 aromatic heterocycles. The van der Waals surface area contributed by atoms with Crippen molar-refractivity contribution < 1.29 is 17.9 Å². The lowest BCUT2D eigenvalue weighted by Crippen LogP contribution is -2.48. The third-order valence-electron chi connectivity index (χ3n) is 5.52. The molecule has 3 rings (SSSR count). The lowest BCUT2D eigenvalue weighted by Gasteiger charge is -2.34. The molecule has 0 aliphatic carbocycles. The zero-order chi connectivity index (χ0) is 21.2. The number of hydrogen-bond acceptors (Lipinski definition) is 5. The quantitative estimate of drug-likeness (QED) is 0.721. The lowest BCUT2D eigenvalue weighted by atomic mass is 10.1. The Morgan fingerprint density at radius 1 is 0.862 bits per heavy atom. The minimum Gasteiger partial charge on any atom is -0.493 e. The molecule has 1 fully saturated rings. The van der Waals surface area contributed by atoms with Gasteiger partial charge in [0.05, 0.1) is 19.1 Å². The largest absolute Gasteiger partial charge is 0.493 e. The van der Waals surface area contributed by atoms with E-state index in [1.807, 2.05) is 38.1 Å². The summed E-state index contributed by atoms with van der Waals surface area (Å²) in [5, 5.41) is 0. The van der Waals surface area contributed by atoms with Crippen LogP contribution in [0.25, 0.3) is 0 Å². The molecule has 29 heavy (non-hydrogen) atoms. The summed E-state index contributed by atoms with van der Waals surface area (Å²) in [6, 6.07) is 9.49. The van der Waals surface area contributed by atoms with Crippen LogP contribution in [0.2, 0.25) is 0 Å². The number of hydrogen-bond donors (Lipinski definition) is 0. The van der Waals surface area contributed by atoms with Gasteiger partial charge in [0.15, 0.2) is 11.5 Å². The predicted octanol–water partition coefficient (Wildman–Crippen LogP) is 3.14. The van der Waals surface area contributed by atoms with E-state index in [2.05, 4.69) is 11.8 Å². The molecule has 0 N–H and O–H groups in total. The molecule has 0 atom stereocenters. The summed E-state index contributed by atoms with van der Waals surface area (Å²) in [7, 11) is -0.200. The van der Waals surface area contributed by atoms with Gasteiger partial charge in [-0.1, -0.05) is 17.7 Å². The van der Waals surface area contributed by atoms with Gasteiger partial charge in [-0.15, -0.1) is 0 Å². The molecular formula is C22H30N2O4S. The smallest absolute Gasteiger partial charge is 0.243 e. The maximum absolute atomic E-state index is 13.1. The molecule has 1 aliphatic rings. The Balaban J connectivity index is 1.69. The maximum Gasteiger partial charge on any atom is 0.243 e. The van der Waals surface area contributed by atoms with E-state index in [0.717, 1.165) is 34.5 Å². The summed E-state index contributed by atoms with van der Waals surface area (Å²) in [6.45, 7) is 9.00. The molecule has 7 heteroatoms. The molecule has 0 radical (unpaired) electrons. The highest BCUT2D eigenvalue weighted by Crippen LogP contribution is 2.31. The molecule has 0 unspecified atom stereocenters. The first-order valence-corrected chi connectivity index (χ1v) is 11.2. The van der Waals surface area contributed by atoms with Crippen molar-refractivity contribution in [3.05, 3.63) is 52.6 Å². The average Bonchev–Trinajstić information content (AvgIpc) is 2.69. The van der Waals surface area contributed by atoms with Gasteiger partial charge >= 0.3 is 0 Å². The molecule has 0 bridgehead atoms. The standard InChI is InChI=1S/C22H30N2O4S/c1-16-6-7-22(18(3)12-16)29(25,26)24-10-8-23(9-11-24)15-19-14-21(28-5)20(27-4)13-17(19)2/h6-7,12-14H,8-11,15H2,1-5H3. The fraction of sp³-hybridized carbons (Fsp3) is 0.455. The number of methoxy groups -OCH3 is 2. The van der Waals surface area contributed by atoms with E-state index in [-0.39, 0.29) is 0 Å². The summed E-state index contributed by atoms with van der Waals surface area (Å²) in [5.41, 5.74) is 4.16. The van der Waals surface area contributed by atoms with Crippen LogP contribution >= 0.6 is 0 Å². The zero-order valence-electron chi connectivity index (χ0n) is 17.9. The Bertz CT molecular complexity index is 981. The van der Waals surface area contributed by atoms with Crippen molar-refractivity contribution in [2.75, 3.05) is 40.4 Å². The van der Waals surface area contributed by atoms with E-state index < -0.39 is 10.0 Å². The highest BCUT2D eigenvalue weighted by atomic mass is 32.2. The normalized spacial score (nSPS) is 16.0. The Kier molecular flexibility index (Phi) is 6.51. The fourth-order valence-electron chi connectivity index (χ4n) is 3.79. The number of nitrogens with zero attached hydrogens (tertiary/aromatic N) is 2. The Hall–Kier alpha value is -2.09. The van der Waals surface area contributed by atoms with Crippen LogP contribution in [0.4, 0.5) is 0 Å². The molecule has 2 aromatic carbocycles. The molecule has 0 spiro atoms. The SMILES string of the molecule is COc1cc(C)c(CN2CCN(S(=O)(=O)c3ccc(C)cc3C)CC2)cc1OC. The Labute approximate surface area is 174 Å². The average molecular weight is 419 g/mol. The number of aryl methyl sites for hydroxylation is 3. The molecule has 1 heterocycles. The van der Waals surface area contributed by atoms with Gasteiger partial charge in [-0.25, -0.2) is 8.42 Å². The van der Waals surface area contributed by atoms with Crippen molar-refractivity contribution in [2.24, 2.45) is 0 Å². The van der Waals surface area contributed by atoms with Gasteiger partial charge < -0.3 is 9.47 Å². The highest BCUT2D eigenvalue weighted by molar-refractivity contribution is 7.89. The number of rotatable bonds is 6. The highest BCUT2D eigenvalue weighted by Gasteiger charge is 2.29. The number of sulfonamides is 1. The summed E-state index contributed by atoms with van der Waals surface area (Å²) in [6.07, 6.45) is 0. The summed E-state index contributed by atoms with van der Waals surface area (Å²) in [4.78, 5) is 2.69. The minimum absolute atomic E-state index is 0.410. The van der Waals surface area contributed by atoms with E-state index >= 15 is 0 Å². The first-order chi connectivity index (χ1) is 13.8. The number of piperazine rings is 1. The van der Waals surface area contributed by atoms with Crippen molar-refractivity contribution in [1.29, 1.82) is 0 Å². The summed E-state index contributed by atoms with van der Waals surface area (Å²) in [5.74, 6) is 1.43. The van der Waals surface area contributed by atoms with E-state index in [1.54, 1.807) is 24.6 Å². The van der Waals surface area contributed by atoms with Crippen LogP contribution in [-0.4, -0.2) is 58.0 Å². The molecule has 6 nitrogen and oxygen atoms in total. The van der Waals surface area contributed by atoms with Crippen molar-refractivity contribution in [3.8, 4) is 11.5 Å². The van der Waals surface area contributed by atoms with Crippen LogP contribution in [0.5, 0.6) is 11.5 Å². The van der Waals surface area contributed by atoms with Crippen LogP contribution in [0.3, 0.4) is 0 Å². The fourth-order valence-corrected chi connectivity index (χ4v) is 5.42. The zero-order valence-corrected chi connectivity index (χ0v) is 18.7. The van der Waals surface area contributed by atoms with Gasteiger partial charge in [0.2, 0.25) is 10.0 Å². The van der Waals surface area contributed by atoms with Crippen molar-refractivity contribution >= 4 is 10.0 Å². The van der Waals surface area contributed by atoms with Gasteiger partial charge in [0, 0.05) is 32.7 Å². The van der Waals surface area contributed by atoms with E-state index in [1.165, 1.54) is 0 Å². The third-order valence-corrected chi connectivity index (χ3v) is 7.57. The van der Waals surface area contributed by atoms with Crippen molar-refractivity contribution in [2.45, 2.75) is 32.2 Å². The second-order valence-corrected chi connectivity index (χ2v) is 9.49. The lowest BCUT2D eigenvalue weighted by molar-refractivity contribution is 0.181. The van der Waals surface area contributed by atoms with Crippen LogP contribution in [0.1, 0.15) is 22.3 Å². The summed E-state index contributed by atoms with van der Waals surface area (Å²) < 4.78 is 38.5. The molecular weight excluding hydrogens is 388 g/mol. The van der Waals surface area contributed by atoms with Crippen molar-refractivity contribution in [3.63, 3.8) is 0 Å². The first kappa shape index (κ1) is 21.6. The second kappa shape index (κ2) is 8.73. The first-order valence-electron chi connectivity index (χ1n) is 9.77.